The maximum atomic E-state index is 6.24. The summed E-state index contributed by atoms with van der Waals surface area (Å²) in [5.41, 5.74) is 0. The maximum absolute atomic E-state index is 6.24. The van der Waals surface area contributed by atoms with Crippen molar-refractivity contribution >= 4 is 0 Å². The van der Waals surface area contributed by atoms with Crippen LogP contribution in [0.25, 0.3) is 0 Å². The zero-order chi connectivity index (χ0) is 11.8. The highest BCUT2D eigenvalue weighted by Crippen LogP contribution is 2.27. The van der Waals surface area contributed by atoms with Crippen LogP contribution in [0.5, 0.6) is 0 Å². The SMILES string of the molecule is CCCNCC(CC)OC1CCCCC1C. The predicted molar refractivity (Wildman–Crippen MR) is 69.7 cm³/mol. The summed E-state index contributed by atoms with van der Waals surface area (Å²) in [6.45, 7) is 8.91. The third-order valence-corrected chi connectivity index (χ3v) is 3.65. The highest BCUT2D eigenvalue weighted by molar-refractivity contribution is 4.74. The van der Waals surface area contributed by atoms with Gasteiger partial charge in [-0.3, -0.25) is 0 Å². The van der Waals surface area contributed by atoms with Gasteiger partial charge in [-0.2, -0.15) is 0 Å². The van der Waals surface area contributed by atoms with Gasteiger partial charge in [-0.25, -0.2) is 0 Å². The van der Waals surface area contributed by atoms with Crippen molar-refractivity contribution < 1.29 is 4.74 Å². The van der Waals surface area contributed by atoms with E-state index >= 15 is 0 Å². The van der Waals surface area contributed by atoms with Gasteiger partial charge in [-0.05, 0) is 38.1 Å². The van der Waals surface area contributed by atoms with Crippen LogP contribution in [-0.2, 0) is 4.74 Å². The quantitative estimate of drug-likeness (QED) is 0.673. The minimum Gasteiger partial charge on any atom is -0.373 e. The summed E-state index contributed by atoms with van der Waals surface area (Å²) in [6.07, 6.45) is 8.63. The standard InChI is InChI=1S/C14H29NO/c1-4-10-15-11-13(5-2)16-14-9-7-6-8-12(14)3/h12-15H,4-11H2,1-3H3. The van der Waals surface area contributed by atoms with Gasteiger partial charge in [0, 0.05) is 6.54 Å². The van der Waals surface area contributed by atoms with Gasteiger partial charge in [-0.15, -0.1) is 0 Å². The van der Waals surface area contributed by atoms with Crippen LogP contribution in [-0.4, -0.2) is 25.3 Å². The van der Waals surface area contributed by atoms with E-state index in [9.17, 15) is 0 Å². The van der Waals surface area contributed by atoms with Gasteiger partial charge < -0.3 is 10.1 Å². The first-order valence-electron chi connectivity index (χ1n) is 7.14. The average molecular weight is 227 g/mol. The van der Waals surface area contributed by atoms with Gasteiger partial charge in [0.1, 0.15) is 0 Å². The van der Waals surface area contributed by atoms with Crippen molar-refractivity contribution in [1.29, 1.82) is 0 Å². The summed E-state index contributed by atoms with van der Waals surface area (Å²) in [5.74, 6) is 0.758. The zero-order valence-corrected chi connectivity index (χ0v) is 11.3. The van der Waals surface area contributed by atoms with E-state index < -0.39 is 0 Å². The van der Waals surface area contributed by atoms with Crippen molar-refractivity contribution in [2.45, 2.75) is 71.5 Å². The Kier molecular flexibility index (Phi) is 7.06. The highest BCUT2D eigenvalue weighted by Gasteiger charge is 2.24. The number of ether oxygens (including phenoxy) is 1. The predicted octanol–water partition coefficient (Wildman–Crippen LogP) is 3.36. The van der Waals surface area contributed by atoms with Crippen LogP contribution in [0.3, 0.4) is 0 Å². The summed E-state index contributed by atoms with van der Waals surface area (Å²) in [5, 5.41) is 3.47. The molecule has 1 rings (SSSR count). The molecule has 0 heterocycles. The molecule has 1 aliphatic carbocycles. The van der Waals surface area contributed by atoms with E-state index in [1.54, 1.807) is 0 Å². The fourth-order valence-corrected chi connectivity index (χ4v) is 2.46. The Bertz CT molecular complexity index is 172. The van der Waals surface area contributed by atoms with Crippen LogP contribution in [0.4, 0.5) is 0 Å². The molecule has 2 heteroatoms. The minimum absolute atomic E-state index is 0.414. The van der Waals surface area contributed by atoms with Crippen molar-refractivity contribution in [3.63, 3.8) is 0 Å². The Morgan fingerprint density at radius 3 is 2.62 bits per heavy atom. The van der Waals surface area contributed by atoms with E-state index in [1.807, 2.05) is 0 Å². The highest BCUT2D eigenvalue weighted by atomic mass is 16.5. The Morgan fingerprint density at radius 2 is 2.00 bits per heavy atom. The monoisotopic (exact) mass is 227 g/mol. The molecule has 0 aromatic heterocycles. The summed E-state index contributed by atoms with van der Waals surface area (Å²) >= 11 is 0. The van der Waals surface area contributed by atoms with E-state index in [1.165, 1.54) is 32.1 Å². The van der Waals surface area contributed by atoms with Crippen LogP contribution < -0.4 is 5.32 Å². The fraction of sp³-hybridized carbons (Fsp3) is 1.00. The van der Waals surface area contributed by atoms with Gasteiger partial charge in [0.25, 0.3) is 0 Å². The largest absolute Gasteiger partial charge is 0.373 e. The molecule has 0 bridgehead atoms. The average Bonchev–Trinajstić information content (AvgIpc) is 2.30. The van der Waals surface area contributed by atoms with Crippen molar-refractivity contribution in [3.05, 3.63) is 0 Å². The topological polar surface area (TPSA) is 21.3 Å². The molecule has 0 radical (unpaired) electrons. The third kappa shape index (κ3) is 4.84. The van der Waals surface area contributed by atoms with Crippen molar-refractivity contribution in [2.24, 2.45) is 5.92 Å². The number of nitrogens with one attached hydrogen (secondary N) is 1. The van der Waals surface area contributed by atoms with Gasteiger partial charge >= 0.3 is 0 Å². The van der Waals surface area contributed by atoms with E-state index in [4.69, 9.17) is 4.74 Å². The van der Waals surface area contributed by atoms with Crippen LogP contribution in [0.2, 0.25) is 0 Å². The fourth-order valence-electron chi connectivity index (χ4n) is 2.46. The molecule has 1 aliphatic rings. The third-order valence-electron chi connectivity index (χ3n) is 3.65. The Hall–Kier alpha value is -0.0800. The van der Waals surface area contributed by atoms with Gasteiger partial charge in [-0.1, -0.05) is 33.6 Å². The van der Waals surface area contributed by atoms with Crippen LogP contribution >= 0.6 is 0 Å². The normalized spacial score (nSPS) is 27.9. The van der Waals surface area contributed by atoms with E-state index in [2.05, 4.69) is 26.1 Å². The first-order chi connectivity index (χ1) is 7.77. The van der Waals surface area contributed by atoms with E-state index in [0.29, 0.717) is 12.2 Å². The molecule has 16 heavy (non-hydrogen) atoms. The van der Waals surface area contributed by atoms with E-state index in [-0.39, 0.29) is 0 Å². The van der Waals surface area contributed by atoms with Crippen molar-refractivity contribution in [2.75, 3.05) is 13.1 Å². The molecule has 1 N–H and O–H groups in total. The lowest BCUT2D eigenvalue weighted by Gasteiger charge is -2.32. The Labute approximate surface area is 101 Å². The number of hydrogen-bond donors (Lipinski definition) is 1. The molecule has 0 spiro atoms. The first kappa shape index (κ1) is 14.0. The molecule has 3 atom stereocenters. The molecule has 1 fully saturated rings. The zero-order valence-electron chi connectivity index (χ0n) is 11.3. The van der Waals surface area contributed by atoms with Crippen molar-refractivity contribution in [1.82, 2.24) is 5.32 Å². The number of rotatable bonds is 7. The molecule has 0 aliphatic heterocycles. The summed E-state index contributed by atoms with van der Waals surface area (Å²) in [7, 11) is 0. The molecular weight excluding hydrogens is 198 g/mol. The minimum atomic E-state index is 0.414. The number of hydrogen-bond acceptors (Lipinski definition) is 2. The second-order valence-electron chi connectivity index (χ2n) is 5.17. The lowest BCUT2D eigenvalue weighted by Crippen LogP contribution is -2.36. The molecule has 3 unspecified atom stereocenters. The smallest absolute Gasteiger partial charge is 0.0700 e. The van der Waals surface area contributed by atoms with Crippen molar-refractivity contribution in [3.8, 4) is 0 Å². The Morgan fingerprint density at radius 1 is 1.25 bits per heavy atom. The second kappa shape index (κ2) is 8.08. The lowest BCUT2D eigenvalue weighted by molar-refractivity contribution is -0.0555. The lowest BCUT2D eigenvalue weighted by atomic mass is 9.88. The van der Waals surface area contributed by atoms with Gasteiger partial charge in [0.15, 0.2) is 0 Å². The van der Waals surface area contributed by atoms with Crippen LogP contribution in [0, 0.1) is 5.92 Å². The molecule has 0 aromatic rings. The molecular formula is C14H29NO. The summed E-state index contributed by atoms with van der Waals surface area (Å²) in [6, 6.07) is 0. The molecule has 0 aromatic carbocycles. The van der Waals surface area contributed by atoms with Crippen LogP contribution in [0.15, 0.2) is 0 Å². The molecule has 0 amide bonds. The summed E-state index contributed by atoms with van der Waals surface area (Å²) < 4.78 is 6.24. The maximum Gasteiger partial charge on any atom is 0.0700 e. The van der Waals surface area contributed by atoms with Gasteiger partial charge in [0.2, 0.25) is 0 Å². The van der Waals surface area contributed by atoms with Gasteiger partial charge in [0.05, 0.1) is 12.2 Å². The Balaban J connectivity index is 2.24. The summed E-state index contributed by atoms with van der Waals surface area (Å²) in [4.78, 5) is 0. The second-order valence-corrected chi connectivity index (χ2v) is 5.17. The first-order valence-corrected chi connectivity index (χ1v) is 7.14. The van der Waals surface area contributed by atoms with E-state index in [0.717, 1.165) is 25.4 Å². The molecule has 2 nitrogen and oxygen atoms in total. The van der Waals surface area contributed by atoms with Crippen LogP contribution in [0.1, 0.15) is 59.3 Å². The molecule has 96 valence electrons. The molecule has 1 saturated carbocycles. The molecule has 0 saturated heterocycles.